The Labute approximate surface area is 89.2 Å². The van der Waals surface area contributed by atoms with Crippen molar-refractivity contribution in [3.63, 3.8) is 0 Å². The van der Waals surface area contributed by atoms with E-state index in [1.807, 2.05) is 0 Å². The second-order valence-electron chi connectivity index (χ2n) is 3.61. The van der Waals surface area contributed by atoms with Gasteiger partial charge >= 0.3 is 8.74 Å². The Kier molecular flexibility index (Phi) is 4.86. The molecular weight excluding hydrogens is 222 g/mol. The number of carbonyl (C=O) groups excluding carboxylic acids is 2. The highest BCUT2D eigenvalue weighted by Gasteiger charge is 2.39. The fraction of sp³-hybridized carbons (Fsp3) is 0.750. The SMILES string of the molecule is CC(=O)N(C)C[Si](F)(F)CN(C)C(C)=O. The molecule has 0 atom stereocenters. The summed E-state index contributed by atoms with van der Waals surface area (Å²) in [7, 11) is -1.88. The van der Waals surface area contributed by atoms with Gasteiger partial charge in [-0.2, -0.15) is 0 Å². The lowest BCUT2D eigenvalue weighted by Crippen LogP contribution is -2.49. The van der Waals surface area contributed by atoms with E-state index in [4.69, 9.17) is 0 Å². The molecular formula is C8H16F2N2O2Si. The first kappa shape index (κ1) is 14.0. The Morgan fingerprint density at radius 3 is 1.47 bits per heavy atom. The van der Waals surface area contributed by atoms with Gasteiger partial charge in [0, 0.05) is 27.9 Å². The summed E-state index contributed by atoms with van der Waals surface area (Å²) in [5.74, 6) is -0.791. The Balaban J connectivity index is 4.30. The zero-order valence-corrected chi connectivity index (χ0v) is 10.4. The molecule has 0 aliphatic rings. The van der Waals surface area contributed by atoms with Gasteiger partial charge in [-0.05, 0) is 0 Å². The second-order valence-corrected chi connectivity index (χ2v) is 5.95. The molecule has 0 bridgehead atoms. The molecule has 0 fully saturated rings. The van der Waals surface area contributed by atoms with Crippen LogP contribution in [-0.4, -0.2) is 56.8 Å². The highest BCUT2D eigenvalue weighted by molar-refractivity contribution is 6.66. The average molecular weight is 238 g/mol. The number of hydrogen-bond donors (Lipinski definition) is 0. The quantitative estimate of drug-likeness (QED) is 0.525. The molecule has 2 amide bonds. The number of halogens is 2. The molecule has 0 rings (SSSR count). The van der Waals surface area contributed by atoms with Gasteiger partial charge in [0.2, 0.25) is 11.8 Å². The van der Waals surface area contributed by atoms with Crippen LogP contribution in [0.15, 0.2) is 0 Å². The van der Waals surface area contributed by atoms with E-state index in [1.165, 1.54) is 27.9 Å². The number of nitrogens with zero attached hydrogens (tertiary/aromatic N) is 2. The predicted octanol–water partition coefficient (Wildman–Crippen LogP) is 0.403. The van der Waals surface area contributed by atoms with Crippen LogP contribution in [0.25, 0.3) is 0 Å². The third-order valence-corrected chi connectivity index (χ3v) is 3.89. The fourth-order valence-electron chi connectivity index (χ4n) is 0.967. The zero-order valence-electron chi connectivity index (χ0n) is 9.38. The zero-order chi connectivity index (χ0) is 12.2. The molecule has 0 aliphatic heterocycles. The normalized spacial score (nSPS) is 11.1. The molecule has 0 aromatic rings. The number of carbonyl (C=O) groups is 2. The average Bonchev–Trinajstić information content (AvgIpc) is 2.01. The van der Waals surface area contributed by atoms with Crippen LogP contribution in [0.1, 0.15) is 13.8 Å². The third kappa shape index (κ3) is 5.46. The molecule has 0 aliphatic carbocycles. The summed E-state index contributed by atoms with van der Waals surface area (Å²) >= 11 is 0. The lowest BCUT2D eigenvalue weighted by molar-refractivity contribution is -0.127. The van der Waals surface area contributed by atoms with Crippen molar-refractivity contribution in [2.75, 3.05) is 26.4 Å². The van der Waals surface area contributed by atoms with E-state index in [9.17, 15) is 17.8 Å². The molecule has 15 heavy (non-hydrogen) atoms. The summed E-state index contributed by atoms with van der Waals surface area (Å²) in [6.45, 7) is 2.47. The van der Waals surface area contributed by atoms with Crippen LogP contribution >= 0.6 is 0 Å². The maximum Gasteiger partial charge on any atom is 0.461 e. The molecule has 4 nitrogen and oxygen atoms in total. The van der Waals surface area contributed by atoms with Crippen LogP contribution in [0, 0.1) is 0 Å². The smallest absolute Gasteiger partial charge is 0.343 e. The van der Waals surface area contributed by atoms with E-state index in [0.717, 1.165) is 9.80 Å². The number of amides is 2. The van der Waals surface area contributed by atoms with Crippen molar-refractivity contribution in [2.45, 2.75) is 13.8 Å². The van der Waals surface area contributed by atoms with Crippen molar-refractivity contribution >= 4 is 20.6 Å². The van der Waals surface area contributed by atoms with Crippen molar-refractivity contribution in [3.05, 3.63) is 0 Å². The van der Waals surface area contributed by atoms with Gasteiger partial charge < -0.3 is 9.80 Å². The summed E-state index contributed by atoms with van der Waals surface area (Å²) in [5, 5.41) is 0. The van der Waals surface area contributed by atoms with Gasteiger partial charge in [0.15, 0.2) is 0 Å². The Morgan fingerprint density at radius 1 is 1.00 bits per heavy atom. The van der Waals surface area contributed by atoms with Gasteiger partial charge in [0.25, 0.3) is 0 Å². The van der Waals surface area contributed by atoms with E-state index in [1.54, 1.807) is 0 Å². The first-order chi connectivity index (χ1) is 6.65. The third-order valence-electron chi connectivity index (χ3n) is 2.01. The minimum absolute atomic E-state index is 0.396. The van der Waals surface area contributed by atoms with Crippen LogP contribution in [0.4, 0.5) is 8.22 Å². The van der Waals surface area contributed by atoms with Gasteiger partial charge in [-0.1, -0.05) is 0 Å². The maximum absolute atomic E-state index is 13.4. The highest BCUT2D eigenvalue weighted by atomic mass is 28.4. The standard InChI is InChI=1S/C8H16F2N2O2Si/c1-7(13)11(3)5-15(9,10)6-12(4)8(2)14/h5-6H2,1-4H3. The van der Waals surface area contributed by atoms with Gasteiger partial charge in [-0.3, -0.25) is 17.8 Å². The molecule has 0 saturated carbocycles. The van der Waals surface area contributed by atoms with E-state index in [-0.39, 0.29) is 0 Å². The number of rotatable bonds is 4. The van der Waals surface area contributed by atoms with Crippen LogP contribution in [-0.2, 0) is 9.59 Å². The van der Waals surface area contributed by atoms with Gasteiger partial charge in [0.05, 0.1) is 12.3 Å². The van der Waals surface area contributed by atoms with E-state index >= 15 is 0 Å². The lowest BCUT2D eigenvalue weighted by atomic mass is 10.6. The van der Waals surface area contributed by atoms with Crippen LogP contribution < -0.4 is 0 Å². The molecule has 0 unspecified atom stereocenters. The molecule has 0 aromatic carbocycles. The second kappa shape index (κ2) is 5.20. The van der Waals surface area contributed by atoms with E-state index < -0.39 is 32.9 Å². The summed E-state index contributed by atoms with van der Waals surface area (Å²) < 4.78 is 26.8. The minimum Gasteiger partial charge on any atom is -0.343 e. The molecule has 0 radical (unpaired) electrons. The van der Waals surface area contributed by atoms with E-state index in [0.29, 0.717) is 0 Å². The number of hydrogen-bond acceptors (Lipinski definition) is 2. The Morgan fingerprint density at radius 2 is 1.27 bits per heavy atom. The molecule has 0 spiro atoms. The fourth-order valence-corrected chi connectivity index (χ4v) is 2.90. The first-order valence-corrected chi connectivity index (χ1v) is 6.64. The molecule has 88 valence electrons. The molecule has 7 heteroatoms. The van der Waals surface area contributed by atoms with Crippen molar-refractivity contribution in [3.8, 4) is 0 Å². The molecule has 0 heterocycles. The van der Waals surface area contributed by atoms with Crippen LogP contribution in [0.5, 0.6) is 0 Å². The highest BCUT2D eigenvalue weighted by Crippen LogP contribution is 2.10. The Bertz CT molecular complexity index is 237. The first-order valence-electron chi connectivity index (χ1n) is 4.47. The van der Waals surface area contributed by atoms with Crippen molar-refractivity contribution < 1.29 is 17.8 Å². The van der Waals surface area contributed by atoms with Gasteiger partial charge in [-0.25, -0.2) is 0 Å². The van der Waals surface area contributed by atoms with Crippen LogP contribution in [0.2, 0.25) is 0 Å². The molecule has 0 saturated heterocycles. The summed E-state index contributed by atoms with van der Waals surface area (Å²) in [4.78, 5) is 23.5. The van der Waals surface area contributed by atoms with E-state index in [2.05, 4.69) is 0 Å². The van der Waals surface area contributed by atoms with Gasteiger partial charge in [0.1, 0.15) is 0 Å². The lowest BCUT2D eigenvalue weighted by Gasteiger charge is -2.24. The monoisotopic (exact) mass is 238 g/mol. The maximum atomic E-state index is 13.4. The van der Waals surface area contributed by atoms with Crippen molar-refractivity contribution in [2.24, 2.45) is 0 Å². The topological polar surface area (TPSA) is 40.6 Å². The van der Waals surface area contributed by atoms with Gasteiger partial charge in [-0.15, -0.1) is 0 Å². The summed E-state index contributed by atoms with van der Waals surface area (Å²) in [5.41, 5.74) is 0. The summed E-state index contributed by atoms with van der Waals surface area (Å²) in [6, 6.07) is 0. The molecule has 0 aromatic heterocycles. The van der Waals surface area contributed by atoms with Crippen molar-refractivity contribution in [1.82, 2.24) is 9.80 Å². The predicted molar refractivity (Wildman–Crippen MR) is 54.6 cm³/mol. The van der Waals surface area contributed by atoms with Crippen LogP contribution in [0.3, 0.4) is 0 Å². The molecule has 0 N–H and O–H groups in total. The Hall–Kier alpha value is -0.983. The van der Waals surface area contributed by atoms with Crippen molar-refractivity contribution in [1.29, 1.82) is 0 Å². The minimum atomic E-state index is -4.54. The largest absolute Gasteiger partial charge is 0.461 e. The summed E-state index contributed by atoms with van der Waals surface area (Å²) in [6.07, 6.45) is -1.08.